The van der Waals surface area contributed by atoms with E-state index in [1.54, 1.807) is 39.0 Å². The van der Waals surface area contributed by atoms with Crippen molar-refractivity contribution in [2.45, 2.75) is 19.3 Å². The smallest absolute Gasteiger partial charge is 0.352 e. The Balaban J connectivity index is 1.15. The van der Waals surface area contributed by atoms with Crippen LogP contribution in [-0.4, -0.2) is 52.9 Å². The molecular formula is C26H23ClF3N5O2. The Hall–Kier alpha value is -3.79. The van der Waals surface area contributed by atoms with Crippen molar-refractivity contribution in [2.24, 2.45) is 0 Å². The van der Waals surface area contributed by atoms with Crippen LogP contribution in [0.4, 0.5) is 29.5 Å². The topological polar surface area (TPSA) is 68.8 Å². The number of nitrogens with zero attached hydrogens (tertiary/aromatic N) is 4. The van der Waals surface area contributed by atoms with E-state index in [9.17, 15) is 22.8 Å². The molecule has 5 rings (SSSR count). The molecule has 2 aliphatic heterocycles. The Morgan fingerprint density at radius 1 is 0.892 bits per heavy atom. The molecule has 1 N–H and O–H groups in total. The number of rotatable bonds is 3. The zero-order valence-corrected chi connectivity index (χ0v) is 20.4. The molecular weight excluding hydrogens is 507 g/mol. The number of pyridine rings is 1. The van der Waals surface area contributed by atoms with Crippen molar-refractivity contribution < 1.29 is 22.8 Å². The van der Waals surface area contributed by atoms with Crippen molar-refractivity contribution in [1.82, 2.24) is 14.8 Å². The number of benzene rings is 2. The summed E-state index contributed by atoms with van der Waals surface area (Å²) in [5, 5.41) is 2.79. The van der Waals surface area contributed by atoms with Crippen LogP contribution in [0.2, 0.25) is 5.02 Å². The van der Waals surface area contributed by atoms with Crippen LogP contribution in [0.25, 0.3) is 0 Å². The highest BCUT2D eigenvalue weighted by atomic mass is 35.5. The molecule has 0 radical (unpaired) electrons. The first-order valence-electron chi connectivity index (χ1n) is 11.7. The fourth-order valence-corrected chi connectivity index (χ4v) is 4.78. The molecule has 3 aromatic rings. The fraction of sp³-hybridized carbons (Fsp3) is 0.269. The van der Waals surface area contributed by atoms with Crippen molar-refractivity contribution in [3.05, 3.63) is 88.1 Å². The van der Waals surface area contributed by atoms with Crippen molar-refractivity contribution in [1.29, 1.82) is 0 Å². The van der Waals surface area contributed by atoms with Crippen molar-refractivity contribution in [2.75, 3.05) is 36.4 Å². The Kier molecular flexibility index (Phi) is 6.68. The predicted octanol–water partition coefficient (Wildman–Crippen LogP) is 5.26. The highest BCUT2D eigenvalue weighted by molar-refractivity contribution is 6.33. The number of anilines is 2. The lowest BCUT2D eigenvalue weighted by Crippen LogP contribution is -2.49. The number of carbonyl (C=O) groups excluding carboxylic acids is 2. The van der Waals surface area contributed by atoms with Gasteiger partial charge in [-0.05, 0) is 41.5 Å². The van der Waals surface area contributed by atoms with Crippen LogP contribution in [0, 0.1) is 0 Å². The summed E-state index contributed by atoms with van der Waals surface area (Å²) in [6, 6.07) is 15.3. The van der Waals surface area contributed by atoms with Gasteiger partial charge in [0.25, 0.3) is 5.91 Å². The highest BCUT2D eigenvalue weighted by Crippen LogP contribution is 2.34. The SMILES string of the molecule is O=C(Nc1ccc(C(=O)N2CCN(c3ncc(C(F)(F)F)cc3Cl)CC2)cc1)N1Cc2ccccc2C1. The van der Waals surface area contributed by atoms with E-state index in [4.69, 9.17) is 11.6 Å². The lowest BCUT2D eigenvalue weighted by atomic mass is 10.1. The summed E-state index contributed by atoms with van der Waals surface area (Å²) < 4.78 is 38.6. The monoisotopic (exact) mass is 529 g/mol. The molecule has 0 unspecified atom stereocenters. The Labute approximate surface area is 216 Å². The van der Waals surface area contributed by atoms with Gasteiger partial charge in [-0.1, -0.05) is 35.9 Å². The lowest BCUT2D eigenvalue weighted by molar-refractivity contribution is -0.137. The van der Waals surface area contributed by atoms with Gasteiger partial charge in [-0.2, -0.15) is 13.2 Å². The minimum Gasteiger partial charge on any atom is -0.352 e. The molecule has 192 valence electrons. The first-order chi connectivity index (χ1) is 17.7. The molecule has 7 nitrogen and oxygen atoms in total. The van der Waals surface area contributed by atoms with Crippen LogP contribution in [0.1, 0.15) is 27.0 Å². The zero-order valence-electron chi connectivity index (χ0n) is 19.6. The van der Waals surface area contributed by atoms with Gasteiger partial charge in [0.1, 0.15) is 5.82 Å². The van der Waals surface area contributed by atoms with Gasteiger partial charge < -0.3 is 20.0 Å². The highest BCUT2D eigenvalue weighted by Gasteiger charge is 2.32. The summed E-state index contributed by atoms with van der Waals surface area (Å²) in [5.41, 5.74) is 2.43. The Bertz CT molecular complexity index is 1300. The maximum atomic E-state index is 13.0. The molecule has 0 spiro atoms. The van der Waals surface area contributed by atoms with Gasteiger partial charge in [-0.25, -0.2) is 9.78 Å². The first-order valence-corrected chi connectivity index (χ1v) is 12.1. The maximum absolute atomic E-state index is 13.0. The summed E-state index contributed by atoms with van der Waals surface area (Å²) in [6.07, 6.45) is -3.75. The van der Waals surface area contributed by atoms with Gasteiger partial charge in [0.05, 0.1) is 10.6 Å². The summed E-state index contributed by atoms with van der Waals surface area (Å²) in [6.45, 7) is 2.61. The van der Waals surface area contributed by atoms with Crippen LogP contribution in [-0.2, 0) is 19.3 Å². The Morgan fingerprint density at radius 2 is 1.51 bits per heavy atom. The molecule has 1 aromatic heterocycles. The third-order valence-electron chi connectivity index (χ3n) is 6.53. The second kappa shape index (κ2) is 9.93. The van der Waals surface area contributed by atoms with Gasteiger partial charge >= 0.3 is 12.2 Å². The van der Waals surface area contributed by atoms with E-state index < -0.39 is 11.7 Å². The fourth-order valence-electron chi connectivity index (χ4n) is 4.50. The molecule has 1 saturated heterocycles. The lowest BCUT2D eigenvalue weighted by Gasteiger charge is -2.35. The number of urea groups is 1. The number of hydrogen-bond acceptors (Lipinski definition) is 4. The number of nitrogens with one attached hydrogen (secondary N) is 1. The van der Waals surface area contributed by atoms with Gasteiger partial charge in [0.2, 0.25) is 0 Å². The van der Waals surface area contributed by atoms with E-state index in [0.29, 0.717) is 50.5 Å². The quantitative estimate of drug-likeness (QED) is 0.502. The molecule has 2 aromatic carbocycles. The minimum atomic E-state index is -4.52. The van der Waals surface area contributed by atoms with Crippen molar-refractivity contribution in [3.63, 3.8) is 0 Å². The normalized spacial score (nSPS) is 15.5. The molecule has 2 aliphatic rings. The third kappa shape index (κ3) is 5.34. The zero-order chi connectivity index (χ0) is 26.2. The Morgan fingerprint density at radius 3 is 2.08 bits per heavy atom. The number of piperazine rings is 1. The van der Waals surface area contributed by atoms with E-state index in [1.165, 1.54) is 0 Å². The van der Waals surface area contributed by atoms with E-state index in [0.717, 1.165) is 23.4 Å². The number of amides is 3. The molecule has 37 heavy (non-hydrogen) atoms. The van der Waals surface area contributed by atoms with E-state index in [1.807, 2.05) is 24.3 Å². The van der Waals surface area contributed by atoms with Gasteiger partial charge in [0.15, 0.2) is 0 Å². The second-order valence-corrected chi connectivity index (χ2v) is 9.35. The van der Waals surface area contributed by atoms with Crippen molar-refractivity contribution in [3.8, 4) is 0 Å². The average molecular weight is 530 g/mol. The number of fused-ring (bicyclic) bond motifs is 1. The summed E-state index contributed by atoms with van der Waals surface area (Å²) in [7, 11) is 0. The second-order valence-electron chi connectivity index (χ2n) is 8.94. The largest absolute Gasteiger partial charge is 0.417 e. The molecule has 0 atom stereocenters. The van der Waals surface area contributed by atoms with Crippen LogP contribution in [0.5, 0.6) is 0 Å². The molecule has 0 saturated carbocycles. The molecule has 0 bridgehead atoms. The van der Waals surface area contributed by atoms with Crippen LogP contribution in [0.15, 0.2) is 60.8 Å². The molecule has 3 amide bonds. The van der Waals surface area contributed by atoms with Gasteiger partial charge in [-0.15, -0.1) is 0 Å². The average Bonchev–Trinajstić information content (AvgIpc) is 3.33. The summed E-state index contributed by atoms with van der Waals surface area (Å²) >= 11 is 6.06. The molecule has 0 aliphatic carbocycles. The standard InChI is InChI=1S/C26H23ClF3N5O2/c27-22-13-20(26(28,29)30)14-31-23(22)33-9-11-34(12-10-33)24(36)17-5-7-21(8-6-17)32-25(37)35-15-18-3-1-2-4-19(18)16-35/h1-8,13-14H,9-12,15-16H2,(H,32,37). The van der Waals surface area contributed by atoms with E-state index >= 15 is 0 Å². The van der Waals surface area contributed by atoms with Gasteiger partial charge in [0, 0.05) is 56.7 Å². The number of halogens is 4. The molecule has 1 fully saturated rings. The van der Waals surface area contributed by atoms with Gasteiger partial charge in [-0.3, -0.25) is 4.79 Å². The van der Waals surface area contributed by atoms with Crippen LogP contribution in [0.3, 0.4) is 0 Å². The van der Waals surface area contributed by atoms with Crippen LogP contribution < -0.4 is 10.2 Å². The summed E-state index contributed by atoms with van der Waals surface area (Å²) in [4.78, 5) is 34.7. The number of hydrogen-bond donors (Lipinski definition) is 1. The third-order valence-corrected chi connectivity index (χ3v) is 6.80. The molecule has 11 heteroatoms. The number of carbonyl (C=O) groups is 2. The number of aromatic nitrogens is 1. The minimum absolute atomic E-state index is 0.0787. The van der Waals surface area contributed by atoms with E-state index in [-0.39, 0.29) is 22.8 Å². The van der Waals surface area contributed by atoms with Crippen molar-refractivity contribution >= 4 is 35.0 Å². The summed E-state index contributed by atoms with van der Waals surface area (Å²) in [5.74, 6) is 0.0990. The van der Waals surface area contributed by atoms with E-state index in [2.05, 4.69) is 10.3 Å². The van der Waals surface area contributed by atoms with Crippen LogP contribution >= 0.6 is 11.6 Å². The predicted molar refractivity (Wildman–Crippen MR) is 134 cm³/mol. The first kappa shape index (κ1) is 24.9. The maximum Gasteiger partial charge on any atom is 0.417 e. The number of alkyl halides is 3. The molecule has 3 heterocycles.